The molecule has 0 unspecified atom stereocenters. The molecule has 0 bridgehead atoms. The summed E-state index contributed by atoms with van der Waals surface area (Å²) in [6.07, 6.45) is 1.58. The fraction of sp³-hybridized carbons (Fsp3) is 0.389. The molecule has 7 nitrogen and oxygen atoms in total. The van der Waals surface area contributed by atoms with Crippen molar-refractivity contribution >= 4 is 29.9 Å². The van der Waals surface area contributed by atoms with Crippen molar-refractivity contribution in [2.45, 2.75) is 13.1 Å². The van der Waals surface area contributed by atoms with Crippen molar-refractivity contribution in [3.05, 3.63) is 53.2 Å². The second-order valence-electron chi connectivity index (χ2n) is 6.07. The number of aliphatic imine (C=N–C) groups is 1. The van der Waals surface area contributed by atoms with E-state index in [-0.39, 0.29) is 29.8 Å². The minimum absolute atomic E-state index is 0. The van der Waals surface area contributed by atoms with Crippen LogP contribution in [0.15, 0.2) is 40.0 Å². The number of piperazine rings is 1. The maximum Gasteiger partial charge on any atom is 0.194 e. The Hall–Kier alpha value is -2.19. The number of halogens is 2. The third-order valence-corrected chi connectivity index (χ3v) is 4.38. The number of nitrogens with one attached hydrogen (secondary N) is 1. The molecule has 1 N–H and O–H groups in total. The first kappa shape index (κ1) is 21.1. The monoisotopic (exact) mass is 484 g/mol. The van der Waals surface area contributed by atoms with Crippen LogP contribution in [-0.4, -0.2) is 54.1 Å². The molecule has 0 aliphatic carbocycles. The van der Waals surface area contributed by atoms with E-state index < -0.39 is 0 Å². The van der Waals surface area contributed by atoms with Crippen LogP contribution in [0.1, 0.15) is 16.8 Å². The number of nitriles is 1. The van der Waals surface area contributed by atoms with E-state index in [0.717, 1.165) is 44.4 Å². The second-order valence-corrected chi connectivity index (χ2v) is 6.07. The number of benzene rings is 1. The lowest BCUT2D eigenvalue weighted by atomic mass is 10.1. The van der Waals surface area contributed by atoms with Gasteiger partial charge < -0.3 is 14.7 Å². The maximum atomic E-state index is 14.0. The van der Waals surface area contributed by atoms with Crippen LogP contribution in [-0.2, 0) is 13.1 Å². The quantitative estimate of drug-likeness (QED) is 0.407. The molecular formula is C18H22FIN6O. The van der Waals surface area contributed by atoms with Crippen molar-refractivity contribution in [3.63, 3.8) is 0 Å². The summed E-state index contributed by atoms with van der Waals surface area (Å²) in [6.45, 7) is 4.52. The van der Waals surface area contributed by atoms with Crippen LogP contribution in [0.2, 0.25) is 0 Å². The molecule has 0 atom stereocenters. The van der Waals surface area contributed by atoms with Gasteiger partial charge in [0.1, 0.15) is 12.1 Å². The van der Waals surface area contributed by atoms with Gasteiger partial charge in [-0.1, -0.05) is 11.2 Å². The zero-order valence-corrected chi connectivity index (χ0v) is 17.4. The molecule has 1 aromatic carbocycles. The molecule has 9 heteroatoms. The normalized spacial score (nSPS) is 15.1. The lowest BCUT2D eigenvalue weighted by Gasteiger charge is -2.36. The van der Waals surface area contributed by atoms with Gasteiger partial charge in [-0.2, -0.15) is 5.26 Å². The largest absolute Gasteiger partial charge is 0.364 e. The van der Waals surface area contributed by atoms with Crippen molar-refractivity contribution in [2.24, 2.45) is 4.99 Å². The molecular weight excluding hydrogens is 462 g/mol. The predicted molar refractivity (Wildman–Crippen MR) is 110 cm³/mol. The molecule has 1 aromatic heterocycles. The molecule has 1 aliphatic heterocycles. The Morgan fingerprint density at radius 3 is 2.70 bits per heavy atom. The third kappa shape index (κ3) is 5.64. The van der Waals surface area contributed by atoms with Crippen molar-refractivity contribution < 1.29 is 8.91 Å². The molecule has 144 valence electrons. The van der Waals surface area contributed by atoms with Gasteiger partial charge in [-0.25, -0.2) is 4.39 Å². The minimum atomic E-state index is -0.385. The van der Waals surface area contributed by atoms with E-state index in [1.165, 1.54) is 6.07 Å². The number of rotatable bonds is 4. The molecule has 1 saturated heterocycles. The van der Waals surface area contributed by atoms with Crippen LogP contribution in [0.5, 0.6) is 0 Å². The van der Waals surface area contributed by atoms with Gasteiger partial charge >= 0.3 is 0 Å². The van der Waals surface area contributed by atoms with E-state index in [4.69, 9.17) is 9.78 Å². The Kier molecular flexibility index (Phi) is 7.99. The minimum Gasteiger partial charge on any atom is -0.364 e. The van der Waals surface area contributed by atoms with Gasteiger partial charge in [-0.3, -0.25) is 9.89 Å². The fourth-order valence-electron chi connectivity index (χ4n) is 2.93. The van der Waals surface area contributed by atoms with E-state index in [0.29, 0.717) is 17.7 Å². The summed E-state index contributed by atoms with van der Waals surface area (Å²) in [5.41, 5.74) is 1.76. The van der Waals surface area contributed by atoms with Gasteiger partial charge in [0.05, 0.1) is 17.3 Å². The lowest BCUT2D eigenvalue weighted by Crippen LogP contribution is -2.52. The highest BCUT2D eigenvalue weighted by molar-refractivity contribution is 14.0. The molecule has 1 aliphatic rings. The first-order valence-electron chi connectivity index (χ1n) is 8.45. The first-order chi connectivity index (χ1) is 12.7. The average molecular weight is 484 g/mol. The van der Waals surface area contributed by atoms with Gasteiger partial charge in [0.25, 0.3) is 0 Å². The number of hydrogen-bond donors (Lipinski definition) is 1. The van der Waals surface area contributed by atoms with Crippen LogP contribution >= 0.6 is 24.0 Å². The average Bonchev–Trinajstić information content (AvgIpc) is 3.17. The fourth-order valence-corrected chi connectivity index (χ4v) is 2.93. The zero-order valence-electron chi connectivity index (χ0n) is 15.1. The van der Waals surface area contributed by atoms with Gasteiger partial charge in [-0.15, -0.1) is 24.0 Å². The summed E-state index contributed by atoms with van der Waals surface area (Å²) in [5, 5.41) is 16.0. The topological polar surface area (TPSA) is 80.7 Å². The SMILES string of the molecule is CN=C(NCc1ccc(C#N)cc1F)N1CCN(Cc2ccon2)CC1.I. The van der Waals surface area contributed by atoms with Crippen LogP contribution in [0, 0.1) is 17.1 Å². The highest BCUT2D eigenvalue weighted by atomic mass is 127. The summed E-state index contributed by atoms with van der Waals surface area (Å²) in [5.74, 6) is 0.360. The van der Waals surface area contributed by atoms with E-state index in [1.54, 1.807) is 25.4 Å². The highest BCUT2D eigenvalue weighted by Gasteiger charge is 2.20. The molecule has 3 rings (SSSR count). The summed E-state index contributed by atoms with van der Waals surface area (Å²) < 4.78 is 18.9. The van der Waals surface area contributed by atoms with Crippen LogP contribution < -0.4 is 5.32 Å². The van der Waals surface area contributed by atoms with Crippen molar-refractivity contribution in [1.82, 2.24) is 20.3 Å². The lowest BCUT2D eigenvalue weighted by molar-refractivity contribution is 0.169. The molecule has 2 aromatic rings. The predicted octanol–water partition coefficient (Wildman–Crippen LogP) is 2.20. The van der Waals surface area contributed by atoms with E-state index >= 15 is 0 Å². The smallest absolute Gasteiger partial charge is 0.194 e. The van der Waals surface area contributed by atoms with Gasteiger partial charge in [0.15, 0.2) is 5.96 Å². The highest BCUT2D eigenvalue weighted by Crippen LogP contribution is 2.11. The van der Waals surface area contributed by atoms with Crippen LogP contribution in [0.3, 0.4) is 0 Å². The number of aromatic nitrogens is 1. The Morgan fingerprint density at radius 1 is 1.33 bits per heavy atom. The van der Waals surface area contributed by atoms with Crippen molar-refractivity contribution in [2.75, 3.05) is 33.2 Å². The number of guanidine groups is 1. The Bertz CT molecular complexity index is 797. The summed E-state index contributed by atoms with van der Waals surface area (Å²) >= 11 is 0. The number of nitrogens with zero attached hydrogens (tertiary/aromatic N) is 5. The Morgan fingerprint density at radius 2 is 2.11 bits per heavy atom. The molecule has 27 heavy (non-hydrogen) atoms. The molecule has 0 amide bonds. The second kappa shape index (κ2) is 10.2. The van der Waals surface area contributed by atoms with Crippen LogP contribution in [0.25, 0.3) is 0 Å². The standard InChI is InChI=1S/C18H21FN6O.HI/c1-21-18(22-12-15-3-2-14(11-20)10-17(15)19)25-7-5-24(6-8-25)13-16-4-9-26-23-16;/h2-4,9-10H,5-8,12-13H2,1H3,(H,21,22);1H. The number of hydrogen-bond acceptors (Lipinski definition) is 5. The van der Waals surface area contributed by atoms with Gasteiger partial charge in [0.2, 0.25) is 0 Å². The molecule has 0 saturated carbocycles. The van der Waals surface area contributed by atoms with Gasteiger partial charge in [0, 0.05) is 57.9 Å². The molecule has 1 fully saturated rings. The Labute approximate surface area is 174 Å². The summed E-state index contributed by atoms with van der Waals surface area (Å²) in [4.78, 5) is 8.76. The first-order valence-corrected chi connectivity index (χ1v) is 8.45. The van der Waals surface area contributed by atoms with E-state index in [9.17, 15) is 4.39 Å². The summed E-state index contributed by atoms with van der Waals surface area (Å²) in [7, 11) is 1.72. The molecule has 2 heterocycles. The maximum absolute atomic E-state index is 14.0. The molecule has 0 spiro atoms. The van der Waals surface area contributed by atoms with Gasteiger partial charge in [-0.05, 0) is 12.1 Å². The van der Waals surface area contributed by atoms with Crippen LogP contribution in [0.4, 0.5) is 4.39 Å². The third-order valence-electron chi connectivity index (χ3n) is 4.38. The van der Waals surface area contributed by atoms with Crippen molar-refractivity contribution in [1.29, 1.82) is 5.26 Å². The van der Waals surface area contributed by atoms with Crippen molar-refractivity contribution in [3.8, 4) is 6.07 Å². The van der Waals surface area contributed by atoms with E-state index in [2.05, 4.69) is 25.3 Å². The van der Waals surface area contributed by atoms with E-state index in [1.807, 2.05) is 12.1 Å². The molecule has 0 radical (unpaired) electrons. The summed E-state index contributed by atoms with van der Waals surface area (Å²) in [6, 6.07) is 8.31. The Balaban J connectivity index is 0.00000261. The zero-order chi connectivity index (χ0) is 18.4.